The first-order valence-electron chi connectivity index (χ1n) is 9.30. The van der Waals surface area contributed by atoms with E-state index >= 15 is 0 Å². The predicted molar refractivity (Wildman–Crippen MR) is 102 cm³/mol. The lowest BCUT2D eigenvalue weighted by molar-refractivity contribution is -0.939. The van der Waals surface area contributed by atoms with Crippen LogP contribution in [0.1, 0.15) is 30.0 Å². The van der Waals surface area contributed by atoms with Crippen LogP contribution in [0.15, 0.2) is 48.8 Å². The number of aromatic nitrogens is 4. The van der Waals surface area contributed by atoms with Crippen molar-refractivity contribution in [1.29, 1.82) is 0 Å². The average Bonchev–Trinajstić information content (AvgIpc) is 3.47. The molecule has 1 fully saturated rings. The van der Waals surface area contributed by atoms with Gasteiger partial charge in [-0.05, 0) is 42.8 Å². The molecule has 0 spiro atoms. The molecule has 1 atom stereocenters. The maximum atomic E-state index is 5.81. The van der Waals surface area contributed by atoms with E-state index in [1.807, 2.05) is 29.2 Å². The fourth-order valence-electron chi connectivity index (χ4n) is 3.87. The number of fused-ring (bicyclic) bond motifs is 1. The van der Waals surface area contributed by atoms with E-state index in [0.29, 0.717) is 6.04 Å². The standard InChI is InChI=1S/C20H21N5S/c26-20-24(14-23-12-9-15-3-1-2-4-17(15)13-23)22-19(25(20)18-5-6-18)16-7-10-21-11-8-16/h1-4,7-8,10-11,18H,5-6,9,12-14H2/p+1. The van der Waals surface area contributed by atoms with Gasteiger partial charge >= 0.3 is 0 Å². The number of nitrogens with one attached hydrogen (secondary N) is 1. The maximum absolute atomic E-state index is 5.81. The van der Waals surface area contributed by atoms with Gasteiger partial charge in [0.25, 0.3) is 0 Å². The van der Waals surface area contributed by atoms with Gasteiger partial charge in [0.05, 0.1) is 6.54 Å². The Bertz CT molecular complexity index is 987. The maximum Gasteiger partial charge on any atom is 0.203 e. The van der Waals surface area contributed by atoms with Gasteiger partial charge in [0.15, 0.2) is 12.5 Å². The fourth-order valence-corrected chi connectivity index (χ4v) is 4.21. The number of benzene rings is 1. The van der Waals surface area contributed by atoms with Crippen molar-refractivity contribution in [1.82, 2.24) is 19.3 Å². The molecule has 3 aromatic rings. The molecule has 0 radical (unpaired) electrons. The number of hydrogen-bond donors (Lipinski definition) is 1. The minimum Gasteiger partial charge on any atom is -0.312 e. The van der Waals surface area contributed by atoms with Crippen molar-refractivity contribution < 1.29 is 4.90 Å². The molecule has 1 saturated carbocycles. The zero-order chi connectivity index (χ0) is 17.5. The minimum absolute atomic E-state index is 0.511. The molecule has 5 nitrogen and oxygen atoms in total. The summed E-state index contributed by atoms with van der Waals surface area (Å²) in [4.78, 5) is 5.65. The van der Waals surface area contributed by atoms with Crippen LogP contribution in [0.5, 0.6) is 0 Å². The zero-order valence-electron chi connectivity index (χ0n) is 14.6. The second-order valence-electron chi connectivity index (χ2n) is 7.30. The van der Waals surface area contributed by atoms with Crippen molar-refractivity contribution in [3.8, 4) is 11.4 Å². The Labute approximate surface area is 157 Å². The van der Waals surface area contributed by atoms with E-state index in [1.54, 1.807) is 0 Å². The normalized spacial score (nSPS) is 19.3. The van der Waals surface area contributed by atoms with E-state index in [4.69, 9.17) is 17.3 Å². The lowest BCUT2D eigenvalue weighted by atomic mass is 10.0. The van der Waals surface area contributed by atoms with E-state index in [1.165, 1.54) is 28.9 Å². The molecular weight excluding hydrogens is 342 g/mol. The Morgan fingerprint density at radius 1 is 1.08 bits per heavy atom. The highest BCUT2D eigenvalue weighted by atomic mass is 32.1. The van der Waals surface area contributed by atoms with Gasteiger partial charge in [-0.25, -0.2) is 0 Å². The summed E-state index contributed by atoms with van der Waals surface area (Å²) in [6.45, 7) is 2.99. The quantitative estimate of drug-likeness (QED) is 0.723. The predicted octanol–water partition coefficient (Wildman–Crippen LogP) is 2.41. The van der Waals surface area contributed by atoms with Crippen LogP contribution in [-0.4, -0.2) is 25.9 Å². The molecule has 132 valence electrons. The Balaban J connectivity index is 1.46. The van der Waals surface area contributed by atoms with Crippen LogP contribution in [0.2, 0.25) is 0 Å². The van der Waals surface area contributed by atoms with Crippen molar-refractivity contribution in [3.05, 3.63) is 64.7 Å². The van der Waals surface area contributed by atoms with Crippen molar-refractivity contribution in [3.63, 3.8) is 0 Å². The third-order valence-electron chi connectivity index (χ3n) is 5.40. The Morgan fingerprint density at radius 3 is 2.62 bits per heavy atom. The van der Waals surface area contributed by atoms with E-state index in [9.17, 15) is 0 Å². The van der Waals surface area contributed by atoms with Crippen molar-refractivity contribution in [2.45, 2.75) is 38.5 Å². The molecule has 26 heavy (non-hydrogen) atoms. The monoisotopic (exact) mass is 364 g/mol. The van der Waals surface area contributed by atoms with Crippen molar-refractivity contribution >= 4 is 12.2 Å². The van der Waals surface area contributed by atoms with Crippen LogP contribution < -0.4 is 4.90 Å². The smallest absolute Gasteiger partial charge is 0.203 e. The molecule has 1 aromatic carbocycles. The van der Waals surface area contributed by atoms with Gasteiger partial charge in [0.1, 0.15) is 6.54 Å². The average molecular weight is 364 g/mol. The highest BCUT2D eigenvalue weighted by Crippen LogP contribution is 2.38. The van der Waals surface area contributed by atoms with Crippen LogP contribution in [0.3, 0.4) is 0 Å². The third kappa shape index (κ3) is 2.89. The summed E-state index contributed by atoms with van der Waals surface area (Å²) in [6.07, 6.45) is 7.16. The van der Waals surface area contributed by atoms with E-state index < -0.39 is 0 Å². The number of nitrogens with zero attached hydrogens (tertiary/aromatic N) is 4. The van der Waals surface area contributed by atoms with Gasteiger partial charge in [-0.1, -0.05) is 24.3 Å². The largest absolute Gasteiger partial charge is 0.312 e. The minimum atomic E-state index is 0.511. The number of rotatable bonds is 4. The lowest BCUT2D eigenvalue weighted by Crippen LogP contribution is -3.11. The fraction of sp³-hybridized carbons (Fsp3) is 0.350. The highest BCUT2D eigenvalue weighted by Gasteiger charge is 2.30. The van der Waals surface area contributed by atoms with E-state index in [2.05, 4.69) is 33.8 Å². The summed E-state index contributed by atoms with van der Waals surface area (Å²) in [7, 11) is 0. The first kappa shape index (κ1) is 15.9. The molecule has 0 saturated heterocycles. The molecule has 0 amide bonds. The first-order valence-corrected chi connectivity index (χ1v) is 9.70. The van der Waals surface area contributed by atoms with E-state index in [0.717, 1.165) is 42.3 Å². The Morgan fingerprint density at radius 2 is 1.85 bits per heavy atom. The molecule has 1 unspecified atom stereocenters. The second-order valence-corrected chi connectivity index (χ2v) is 7.66. The van der Waals surface area contributed by atoms with Crippen molar-refractivity contribution in [2.75, 3.05) is 6.54 Å². The molecule has 1 aliphatic carbocycles. The Kier molecular flexibility index (Phi) is 3.94. The van der Waals surface area contributed by atoms with E-state index in [-0.39, 0.29) is 0 Å². The topological polar surface area (TPSA) is 40.1 Å². The van der Waals surface area contributed by atoms with Crippen LogP contribution in [0, 0.1) is 4.77 Å². The molecule has 3 heterocycles. The summed E-state index contributed by atoms with van der Waals surface area (Å²) in [5.74, 6) is 0.983. The molecule has 6 heteroatoms. The van der Waals surface area contributed by atoms with Crippen LogP contribution in [0.4, 0.5) is 0 Å². The molecular formula is C20H22N5S+. The number of quaternary nitrogens is 1. The molecule has 0 bridgehead atoms. The van der Waals surface area contributed by atoms with Crippen molar-refractivity contribution in [2.24, 2.45) is 0 Å². The Hall–Kier alpha value is -2.31. The zero-order valence-corrected chi connectivity index (χ0v) is 15.5. The van der Waals surface area contributed by atoms with Gasteiger partial charge in [-0.3, -0.25) is 9.55 Å². The van der Waals surface area contributed by atoms with Crippen LogP contribution in [-0.2, 0) is 19.6 Å². The third-order valence-corrected chi connectivity index (χ3v) is 5.81. The summed E-state index contributed by atoms with van der Waals surface area (Å²) < 4.78 is 5.14. The summed E-state index contributed by atoms with van der Waals surface area (Å²) in [6, 6.07) is 13.3. The lowest BCUT2D eigenvalue weighted by Gasteiger charge is -2.25. The van der Waals surface area contributed by atoms with Gasteiger partial charge in [-0.15, -0.1) is 5.10 Å². The second kappa shape index (κ2) is 6.45. The molecule has 2 aliphatic rings. The van der Waals surface area contributed by atoms with Crippen LogP contribution in [0.25, 0.3) is 11.4 Å². The molecule has 1 aliphatic heterocycles. The summed E-state index contributed by atoms with van der Waals surface area (Å²) >= 11 is 5.81. The molecule has 5 rings (SSSR count). The highest BCUT2D eigenvalue weighted by molar-refractivity contribution is 7.71. The number of pyridine rings is 1. The first-order chi connectivity index (χ1) is 12.8. The van der Waals surface area contributed by atoms with Crippen LogP contribution >= 0.6 is 12.2 Å². The molecule has 1 N–H and O–H groups in total. The summed E-state index contributed by atoms with van der Waals surface area (Å²) in [5.41, 5.74) is 4.04. The van der Waals surface area contributed by atoms with Gasteiger partial charge < -0.3 is 4.90 Å². The SMILES string of the molecule is S=c1n(C[NH+]2CCc3ccccc3C2)nc(-c2ccncc2)n1C1CC1. The van der Waals surface area contributed by atoms with Gasteiger partial charge in [0, 0.05) is 36.0 Å². The number of hydrogen-bond acceptors (Lipinski definition) is 3. The van der Waals surface area contributed by atoms with Gasteiger partial charge in [0.2, 0.25) is 4.77 Å². The summed E-state index contributed by atoms with van der Waals surface area (Å²) in [5, 5.41) is 4.92. The molecule has 2 aromatic heterocycles. The van der Waals surface area contributed by atoms with Gasteiger partial charge in [-0.2, -0.15) is 4.68 Å².